The second kappa shape index (κ2) is 6.50. The van der Waals surface area contributed by atoms with E-state index in [-0.39, 0.29) is 11.6 Å². The molecular weight excluding hydrogens is 281 g/mol. The molecule has 2 aromatic carbocycles. The van der Waals surface area contributed by atoms with Crippen LogP contribution in [0, 0.1) is 5.82 Å². The van der Waals surface area contributed by atoms with Gasteiger partial charge in [0, 0.05) is 11.6 Å². The summed E-state index contributed by atoms with van der Waals surface area (Å²) in [5.41, 5.74) is 1.24. The fraction of sp³-hybridized carbons (Fsp3) is 0.133. The summed E-state index contributed by atoms with van der Waals surface area (Å²) in [5.74, 6) is -1.43. The zero-order valence-electron chi connectivity index (χ0n) is 10.5. The van der Waals surface area contributed by atoms with Gasteiger partial charge in [0.2, 0.25) is 0 Å². The molecular formula is C15H13ClFNO2. The molecule has 0 aliphatic rings. The van der Waals surface area contributed by atoms with Gasteiger partial charge in [-0.05, 0) is 29.3 Å². The van der Waals surface area contributed by atoms with Crippen molar-refractivity contribution >= 4 is 17.6 Å². The second-order valence-electron chi connectivity index (χ2n) is 4.34. The largest absolute Gasteiger partial charge is 0.480 e. The minimum absolute atomic E-state index is 0.212. The maximum absolute atomic E-state index is 13.2. The summed E-state index contributed by atoms with van der Waals surface area (Å²) in [6, 6.07) is 12.1. The SMILES string of the molecule is O=C(O)C(NCc1cc(F)cc(Cl)c1)c1ccccc1. The number of hydrogen-bond donors (Lipinski definition) is 2. The highest BCUT2D eigenvalue weighted by Gasteiger charge is 2.18. The molecule has 2 N–H and O–H groups in total. The molecule has 0 amide bonds. The summed E-state index contributed by atoms with van der Waals surface area (Å²) in [6.07, 6.45) is 0. The van der Waals surface area contributed by atoms with E-state index < -0.39 is 17.8 Å². The molecule has 104 valence electrons. The molecule has 0 saturated carbocycles. The lowest BCUT2D eigenvalue weighted by Gasteiger charge is -2.15. The van der Waals surface area contributed by atoms with E-state index in [0.717, 1.165) is 0 Å². The third-order valence-corrected chi connectivity index (χ3v) is 3.03. The Balaban J connectivity index is 2.12. The molecule has 0 radical (unpaired) electrons. The molecule has 3 nitrogen and oxygen atoms in total. The first-order chi connectivity index (χ1) is 9.56. The van der Waals surface area contributed by atoms with E-state index in [2.05, 4.69) is 5.32 Å². The quantitative estimate of drug-likeness (QED) is 0.888. The van der Waals surface area contributed by atoms with Gasteiger partial charge in [-0.15, -0.1) is 0 Å². The van der Waals surface area contributed by atoms with Crippen molar-refractivity contribution in [2.75, 3.05) is 0 Å². The molecule has 5 heteroatoms. The van der Waals surface area contributed by atoms with Crippen LogP contribution in [0.4, 0.5) is 4.39 Å². The molecule has 0 aliphatic carbocycles. The van der Waals surface area contributed by atoms with Crippen molar-refractivity contribution in [3.8, 4) is 0 Å². The van der Waals surface area contributed by atoms with Gasteiger partial charge in [-0.2, -0.15) is 0 Å². The van der Waals surface area contributed by atoms with Gasteiger partial charge in [-0.25, -0.2) is 4.39 Å². The van der Waals surface area contributed by atoms with Gasteiger partial charge >= 0.3 is 5.97 Å². The lowest BCUT2D eigenvalue weighted by atomic mass is 10.1. The highest BCUT2D eigenvalue weighted by molar-refractivity contribution is 6.30. The van der Waals surface area contributed by atoms with Crippen LogP contribution in [-0.4, -0.2) is 11.1 Å². The third kappa shape index (κ3) is 3.79. The van der Waals surface area contributed by atoms with Crippen LogP contribution in [0.3, 0.4) is 0 Å². The molecule has 0 bridgehead atoms. The third-order valence-electron chi connectivity index (χ3n) is 2.81. The number of carboxylic acids is 1. The standard InChI is InChI=1S/C15H13ClFNO2/c16-12-6-10(7-13(17)8-12)9-18-14(15(19)20)11-4-2-1-3-5-11/h1-8,14,18H,9H2,(H,19,20). The molecule has 0 saturated heterocycles. The number of benzene rings is 2. The van der Waals surface area contributed by atoms with Crippen LogP contribution in [0.5, 0.6) is 0 Å². The smallest absolute Gasteiger partial charge is 0.325 e. The van der Waals surface area contributed by atoms with E-state index in [0.29, 0.717) is 11.1 Å². The van der Waals surface area contributed by atoms with E-state index in [4.69, 9.17) is 11.6 Å². The fourth-order valence-electron chi connectivity index (χ4n) is 1.93. The Kier molecular flexibility index (Phi) is 4.71. The fourth-order valence-corrected chi connectivity index (χ4v) is 2.17. The molecule has 1 atom stereocenters. The first kappa shape index (κ1) is 14.5. The van der Waals surface area contributed by atoms with E-state index in [1.54, 1.807) is 30.3 Å². The Labute approximate surface area is 121 Å². The van der Waals surface area contributed by atoms with E-state index >= 15 is 0 Å². The summed E-state index contributed by atoms with van der Waals surface area (Å²) in [7, 11) is 0. The zero-order chi connectivity index (χ0) is 14.5. The molecule has 0 spiro atoms. The Morgan fingerprint density at radius 3 is 2.55 bits per heavy atom. The van der Waals surface area contributed by atoms with Crippen molar-refractivity contribution in [1.29, 1.82) is 0 Å². The maximum atomic E-state index is 13.2. The van der Waals surface area contributed by atoms with Crippen LogP contribution in [0.1, 0.15) is 17.2 Å². The molecule has 20 heavy (non-hydrogen) atoms. The predicted molar refractivity (Wildman–Crippen MR) is 75.1 cm³/mol. The molecule has 0 aromatic heterocycles. The van der Waals surface area contributed by atoms with Gasteiger partial charge in [0.15, 0.2) is 0 Å². The van der Waals surface area contributed by atoms with Gasteiger partial charge in [-0.1, -0.05) is 41.9 Å². The Morgan fingerprint density at radius 2 is 1.95 bits per heavy atom. The summed E-state index contributed by atoms with van der Waals surface area (Å²) in [6.45, 7) is 0.212. The van der Waals surface area contributed by atoms with Crippen molar-refractivity contribution in [3.05, 3.63) is 70.5 Å². The lowest BCUT2D eigenvalue weighted by Crippen LogP contribution is -2.28. The van der Waals surface area contributed by atoms with Crippen LogP contribution in [-0.2, 0) is 11.3 Å². The van der Waals surface area contributed by atoms with Crippen molar-refractivity contribution in [1.82, 2.24) is 5.32 Å². The van der Waals surface area contributed by atoms with Crippen molar-refractivity contribution < 1.29 is 14.3 Å². The molecule has 2 aromatic rings. The highest BCUT2D eigenvalue weighted by atomic mass is 35.5. The first-order valence-electron chi connectivity index (χ1n) is 6.02. The Morgan fingerprint density at radius 1 is 1.25 bits per heavy atom. The van der Waals surface area contributed by atoms with Gasteiger partial charge < -0.3 is 5.11 Å². The monoisotopic (exact) mass is 293 g/mol. The highest BCUT2D eigenvalue weighted by Crippen LogP contribution is 2.17. The van der Waals surface area contributed by atoms with Crippen molar-refractivity contribution in [2.45, 2.75) is 12.6 Å². The lowest BCUT2D eigenvalue weighted by molar-refractivity contribution is -0.139. The van der Waals surface area contributed by atoms with Crippen LogP contribution in [0.15, 0.2) is 48.5 Å². The van der Waals surface area contributed by atoms with Crippen molar-refractivity contribution in [3.63, 3.8) is 0 Å². The average molecular weight is 294 g/mol. The molecule has 0 fully saturated rings. The topological polar surface area (TPSA) is 49.3 Å². The van der Waals surface area contributed by atoms with Gasteiger partial charge in [-0.3, -0.25) is 10.1 Å². The van der Waals surface area contributed by atoms with Gasteiger partial charge in [0.05, 0.1) is 0 Å². The normalized spacial score (nSPS) is 12.1. The van der Waals surface area contributed by atoms with Crippen LogP contribution >= 0.6 is 11.6 Å². The zero-order valence-corrected chi connectivity index (χ0v) is 11.3. The van der Waals surface area contributed by atoms with E-state index in [1.165, 1.54) is 12.1 Å². The van der Waals surface area contributed by atoms with E-state index in [1.807, 2.05) is 6.07 Å². The first-order valence-corrected chi connectivity index (χ1v) is 6.40. The Hall–Kier alpha value is -1.91. The number of aliphatic carboxylic acids is 1. The number of hydrogen-bond acceptors (Lipinski definition) is 2. The second-order valence-corrected chi connectivity index (χ2v) is 4.78. The summed E-state index contributed by atoms with van der Waals surface area (Å²) >= 11 is 5.76. The Bertz CT molecular complexity index is 584. The summed E-state index contributed by atoms with van der Waals surface area (Å²) in [4.78, 5) is 11.3. The predicted octanol–water partition coefficient (Wildman–Crippen LogP) is 3.39. The summed E-state index contributed by atoms with van der Waals surface area (Å²) < 4.78 is 13.2. The van der Waals surface area contributed by atoms with Gasteiger partial charge in [0.25, 0.3) is 0 Å². The molecule has 0 heterocycles. The molecule has 1 unspecified atom stereocenters. The average Bonchev–Trinajstić information content (AvgIpc) is 2.38. The number of nitrogens with one attached hydrogen (secondary N) is 1. The van der Waals surface area contributed by atoms with Crippen LogP contribution < -0.4 is 5.32 Å². The number of halogens is 2. The summed E-state index contributed by atoms with van der Waals surface area (Å²) in [5, 5.41) is 12.4. The maximum Gasteiger partial charge on any atom is 0.325 e. The van der Waals surface area contributed by atoms with Gasteiger partial charge in [0.1, 0.15) is 11.9 Å². The number of rotatable bonds is 5. The van der Waals surface area contributed by atoms with E-state index in [9.17, 15) is 14.3 Å². The minimum atomic E-state index is -0.987. The minimum Gasteiger partial charge on any atom is -0.480 e. The van der Waals surface area contributed by atoms with Crippen molar-refractivity contribution in [2.24, 2.45) is 0 Å². The number of carboxylic acid groups (broad SMARTS) is 1. The van der Waals surface area contributed by atoms with Crippen LogP contribution in [0.2, 0.25) is 5.02 Å². The van der Waals surface area contributed by atoms with Crippen LogP contribution in [0.25, 0.3) is 0 Å². The number of carbonyl (C=O) groups is 1. The molecule has 0 aliphatic heterocycles. The molecule has 2 rings (SSSR count).